The summed E-state index contributed by atoms with van der Waals surface area (Å²) in [6.07, 6.45) is 0. The van der Waals surface area contributed by atoms with Crippen molar-refractivity contribution in [2.24, 2.45) is 0 Å². The van der Waals surface area contributed by atoms with Gasteiger partial charge in [-0.1, -0.05) is 0 Å². The molecule has 0 radical (unpaired) electrons. The van der Waals surface area contributed by atoms with E-state index in [1.807, 2.05) is 0 Å². The summed E-state index contributed by atoms with van der Waals surface area (Å²) < 4.78 is 25.1. The largest absolute Gasteiger partial charge is 0.398 e. The first kappa shape index (κ1) is 11.5. The second-order valence-corrected chi connectivity index (χ2v) is 5.98. The predicted molar refractivity (Wildman–Crippen MR) is 59.4 cm³/mol. The highest BCUT2D eigenvalue weighted by Gasteiger charge is 2.17. The van der Waals surface area contributed by atoms with Gasteiger partial charge in [-0.25, -0.2) is 12.7 Å². The maximum Gasteiger partial charge on any atom is 0.242 e. The lowest BCUT2D eigenvalue weighted by molar-refractivity contribution is 0.521. The Kier molecular flexibility index (Phi) is 3.18. The van der Waals surface area contributed by atoms with Gasteiger partial charge in [-0.3, -0.25) is 0 Å². The highest BCUT2D eigenvalue weighted by molar-refractivity contribution is 9.10. The van der Waals surface area contributed by atoms with Crippen LogP contribution >= 0.6 is 15.9 Å². The van der Waals surface area contributed by atoms with Crippen molar-refractivity contribution in [1.29, 1.82) is 0 Å². The van der Waals surface area contributed by atoms with Gasteiger partial charge in [0.25, 0.3) is 0 Å². The second-order valence-electron chi connectivity index (χ2n) is 2.97. The van der Waals surface area contributed by atoms with E-state index in [9.17, 15) is 8.42 Å². The quantitative estimate of drug-likeness (QED) is 0.829. The van der Waals surface area contributed by atoms with E-state index in [0.717, 1.165) is 4.31 Å². The van der Waals surface area contributed by atoms with Gasteiger partial charge in [0.2, 0.25) is 10.0 Å². The van der Waals surface area contributed by atoms with Crippen molar-refractivity contribution in [2.75, 3.05) is 19.8 Å². The fourth-order valence-corrected chi connectivity index (χ4v) is 2.08. The van der Waals surface area contributed by atoms with Crippen molar-refractivity contribution in [2.45, 2.75) is 4.90 Å². The van der Waals surface area contributed by atoms with Crippen LogP contribution in [0.3, 0.4) is 0 Å². The summed E-state index contributed by atoms with van der Waals surface area (Å²) in [6.45, 7) is 0. The molecule has 14 heavy (non-hydrogen) atoms. The third-order valence-corrected chi connectivity index (χ3v) is 4.28. The minimum absolute atomic E-state index is 0.197. The molecule has 0 fully saturated rings. The third-order valence-electron chi connectivity index (χ3n) is 1.75. The number of benzene rings is 1. The van der Waals surface area contributed by atoms with Gasteiger partial charge in [0.15, 0.2) is 0 Å². The molecule has 0 saturated carbocycles. The Balaban J connectivity index is 3.29. The van der Waals surface area contributed by atoms with Crippen molar-refractivity contribution in [3.05, 3.63) is 22.7 Å². The number of sulfonamides is 1. The molecule has 0 aliphatic carbocycles. The first-order valence-electron chi connectivity index (χ1n) is 3.83. The van der Waals surface area contributed by atoms with Crippen LogP contribution < -0.4 is 5.73 Å². The van der Waals surface area contributed by atoms with E-state index in [0.29, 0.717) is 10.2 Å². The van der Waals surface area contributed by atoms with Crippen LogP contribution in [0.15, 0.2) is 27.6 Å². The average molecular weight is 279 g/mol. The molecular weight excluding hydrogens is 268 g/mol. The topological polar surface area (TPSA) is 63.4 Å². The molecule has 0 unspecified atom stereocenters. The van der Waals surface area contributed by atoms with E-state index in [1.54, 1.807) is 6.07 Å². The zero-order valence-electron chi connectivity index (χ0n) is 7.86. The highest BCUT2D eigenvalue weighted by Crippen LogP contribution is 2.23. The highest BCUT2D eigenvalue weighted by atomic mass is 79.9. The van der Waals surface area contributed by atoms with Crippen molar-refractivity contribution >= 4 is 31.6 Å². The Labute approximate surface area is 91.9 Å². The summed E-state index contributed by atoms with van der Waals surface area (Å²) in [5.74, 6) is 0. The molecule has 0 saturated heterocycles. The zero-order chi connectivity index (χ0) is 10.9. The van der Waals surface area contributed by atoms with Crippen LogP contribution in [0.5, 0.6) is 0 Å². The van der Waals surface area contributed by atoms with Gasteiger partial charge in [0.05, 0.1) is 4.90 Å². The molecule has 1 rings (SSSR count). The van der Waals surface area contributed by atoms with E-state index >= 15 is 0 Å². The number of rotatable bonds is 2. The minimum Gasteiger partial charge on any atom is -0.398 e. The molecule has 0 spiro atoms. The fourth-order valence-electron chi connectivity index (χ4n) is 0.893. The van der Waals surface area contributed by atoms with Gasteiger partial charge in [0, 0.05) is 24.3 Å². The molecule has 0 aliphatic heterocycles. The Morgan fingerprint density at radius 3 is 2.36 bits per heavy atom. The number of halogens is 1. The Bertz CT molecular complexity index is 443. The van der Waals surface area contributed by atoms with Crippen LogP contribution in [0.1, 0.15) is 0 Å². The van der Waals surface area contributed by atoms with Gasteiger partial charge >= 0.3 is 0 Å². The van der Waals surface area contributed by atoms with Gasteiger partial charge in [-0.15, -0.1) is 0 Å². The summed E-state index contributed by atoms with van der Waals surface area (Å²) in [5, 5.41) is 0. The maximum atomic E-state index is 11.7. The zero-order valence-corrected chi connectivity index (χ0v) is 10.3. The fraction of sp³-hybridized carbons (Fsp3) is 0.250. The van der Waals surface area contributed by atoms with Crippen molar-refractivity contribution in [3.63, 3.8) is 0 Å². The molecule has 0 aromatic heterocycles. The van der Waals surface area contributed by atoms with Crippen LogP contribution in [-0.4, -0.2) is 26.8 Å². The number of hydrogen-bond acceptors (Lipinski definition) is 3. The Morgan fingerprint density at radius 1 is 1.36 bits per heavy atom. The van der Waals surface area contributed by atoms with Crippen LogP contribution in [0.2, 0.25) is 0 Å². The normalized spacial score (nSPS) is 12.0. The van der Waals surface area contributed by atoms with Gasteiger partial charge in [0.1, 0.15) is 0 Å². The van der Waals surface area contributed by atoms with E-state index in [-0.39, 0.29) is 4.90 Å². The molecule has 1 aromatic carbocycles. The molecule has 78 valence electrons. The van der Waals surface area contributed by atoms with E-state index in [2.05, 4.69) is 15.9 Å². The third kappa shape index (κ3) is 2.08. The smallest absolute Gasteiger partial charge is 0.242 e. The predicted octanol–water partition coefficient (Wildman–Crippen LogP) is 1.28. The summed E-state index contributed by atoms with van der Waals surface area (Å²) in [6, 6.07) is 4.56. The first-order chi connectivity index (χ1) is 6.35. The standard InChI is InChI=1S/C8H11BrN2O2S/c1-11(2)14(12,13)6-3-4-7(9)8(10)5-6/h3-5H,10H2,1-2H3. The molecule has 0 bridgehead atoms. The summed E-state index contributed by atoms with van der Waals surface area (Å²) in [4.78, 5) is 0.197. The van der Waals surface area contributed by atoms with Gasteiger partial charge in [-0.05, 0) is 34.1 Å². The number of hydrogen-bond donors (Lipinski definition) is 1. The van der Waals surface area contributed by atoms with Crippen LogP contribution in [-0.2, 0) is 10.0 Å². The average Bonchev–Trinajstić information content (AvgIpc) is 2.09. The summed E-state index contributed by atoms with van der Waals surface area (Å²) >= 11 is 3.20. The molecule has 1 aromatic rings. The number of nitrogens with zero attached hydrogens (tertiary/aromatic N) is 1. The summed E-state index contributed by atoms with van der Waals surface area (Å²) in [7, 11) is -0.424. The Morgan fingerprint density at radius 2 is 1.93 bits per heavy atom. The molecule has 0 aliphatic rings. The number of anilines is 1. The van der Waals surface area contributed by atoms with Gasteiger partial charge < -0.3 is 5.73 Å². The SMILES string of the molecule is CN(C)S(=O)(=O)c1ccc(Br)c(N)c1. The minimum atomic E-state index is -3.38. The van der Waals surface area contributed by atoms with Gasteiger partial charge in [-0.2, -0.15) is 0 Å². The number of nitrogens with two attached hydrogens (primary N) is 1. The lowest BCUT2D eigenvalue weighted by atomic mass is 10.3. The molecule has 4 nitrogen and oxygen atoms in total. The molecule has 2 N–H and O–H groups in total. The Hall–Kier alpha value is -0.590. The lowest BCUT2D eigenvalue weighted by Crippen LogP contribution is -2.22. The van der Waals surface area contributed by atoms with Crippen LogP contribution in [0, 0.1) is 0 Å². The molecule has 0 atom stereocenters. The van der Waals surface area contributed by atoms with Crippen molar-refractivity contribution in [1.82, 2.24) is 4.31 Å². The molecule has 6 heteroatoms. The van der Waals surface area contributed by atoms with Crippen LogP contribution in [0.4, 0.5) is 5.69 Å². The summed E-state index contributed by atoms with van der Waals surface area (Å²) in [5.41, 5.74) is 6.00. The molecule has 0 heterocycles. The molecular formula is C8H11BrN2O2S. The van der Waals surface area contributed by atoms with Crippen molar-refractivity contribution < 1.29 is 8.42 Å². The lowest BCUT2D eigenvalue weighted by Gasteiger charge is -2.11. The second kappa shape index (κ2) is 3.88. The van der Waals surface area contributed by atoms with Crippen LogP contribution in [0.25, 0.3) is 0 Å². The first-order valence-corrected chi connectivity index (χ1v) is 6.06. The maximum absolute atomic E-state index is 11.7. The monoisotopic (exact) mass is 278 g/mol. The van der Waals surface area contributed by atoms with E-state index < -0.39 is 10.0 Å². The molecule has 0 amide bonds. The van der Waals surface area contributed by atoms with E-state index in [1.165, 1.54) is 26.2 Å². The number of nitrogen functional groups attached to an aromatic ring is 1. The van der Waals surface area contributed by atoms with Crippen molar-refractivity contribution in [3.8, 4) is 0 Å². The van der Waals surface area contributed by atoms with E-state index in [4.69, 9.17) is 5.73 Å².